The maximum Gasteiger partial charge on any atom is 0.0969 e. The summed E-state index contributed by atoms with van der Waals surface area (Å²) in [5.74, 6) is 0.226. The number of aliphatic hydroxyl groups is 1. The monoisotopic (exact) mass is 260 g/mol. The summed E-state index contributed by atoms with van der Waals surface area (Å²) < 4.78 is 0. The van der Waals surface area contributed by atoms with Crippen LogP contribution in [0, 0.1) is 5.92 Å². The lowest BCUT2D eigenvalue weighted by Gasteiger charge is -2.18. The molecular formula is C14H20N4O. The Labute approximate surface area is 113 Å². The Hall–Kier alpha value is -1.72. The van der Waals surface area contributed by atoms with E-state index in [9.17, 15) is 0 Å². The third-order valence-electron chi connectivity index (χ3n) is 3.27. The number of aromatic nitrogens is 3. The molecule has 1 aromatic heterocycles. The Balaban J connectivity index is 1.95. The summed E-state index contributed by atoms with van der Waals surface area (Å²) >= 11 is 0. The summed E-state index contributed by atoms with van der Waals surface area (Å²) in [5, 5.41) is 21.1. The Kier molecular flexibility index (Phi) is 4.65. The van der Waals surface area contributed by atoms with Crippen LogP contribution in [0.15, 0.2) is 36.5 Å². The van der Waals surface area contributed by atoms with Crippen molar-refractivity contribution in [3.05, 3.63) is 42.2 Å². The Morgan fingerprint density at radius 3 is 2.68 bits per heavy atom. The normalized spacial score (nSPS) is 14.3. The van der Waals surface area contributed by atoms with E-state index in [1.165, 1.54) is 0 Å². The van der Waals surface area contributed by atoms with E-state index in [-0.39, 0.29) is 18.6 Å². The highest BCUT2D eigenvalue weighted by molar-refractivity contribution is 5.28. The van der Waals surface area contributed by atoms with Gasteiger partial charge in [-0.15, -0.1) is 0 Å². The van der Waals surface area contributed by atoms with E-state index in [0.717, 1.165) is 11.4 Å². The van der Waals surface area contributed by atoms with Gasteiger partial charge in [-0.2, -0.15) is 15.0 Å². The van der Waals surface area contributed by atoms with Crippen molar-refractivity contribution in [2.24, 2.45) is 5.92 Å². The molecule has 2 unspecified atom stereocenters. The standard InChI is InChI=1S/C14H20N4O/c1-11(10-19)12(2)15-8-13-9-16-18(17-13)14-6-4-3-5-7-14/h3-7,9,11-12,15,19H,8,10H2,1-2H3. The van der Waals surface area contributed by atoms with Crippen LogP contribution in [-0.4, -0.2) is 32.7 Å². The van der Waals surface area contributed by atoms with Gasteiger partial charge >= 0.3 is 0 Å². The second-order valence-electron chi connectivity index (χ2n) is 4.79. The van der Waals surface area contributed by atoms with E-state index in [1.807, 2.05) is 37.3 Å². The number of benzene rings is 1. The van der Waals surface area contributed by atoms with Gasteiger partial charge in [0.2, 0.25) is 0 Å². The molecule has 0 amide bonds. The van der Waals surface area contributed by atoms with Gasteiger partial charge in [-0.3, -0.25) is 0 Å². The van der Waals surface area contributed by atoms with Crippen LogP contribution in [0.25, 0.3) is 5.69 Å². The summed E-state index contributed by atoms with van der Waals surface area (Å²) in [6, 6.07) is 10.1. The predicted molar refractivity (Wildman–Crippen MR) is 73.9 cm³/mol. The number of nitrogens with zero attached hydrogens (tertiary/aromatic N) is 3. The first kappa shape index (κ1) is 13.7. The third-order valence-corrected chi connectivity index (χ3v) is 3.27. The molecule has 2 aromatic rings. The first-order chi connectivity index (χ1) is 9.20. The van der Waals surface area contributed by atoms with E-state index in [2.05, 4.69) is 22.4 Å². The summed E-state index contributed by atoms with van der Waals surface area (Å²) in [7, 11) is 0. The van der Waals surface area contributed by atoms with Crippen molar-refractivity contribution in [3.8, 4) is 5.69 Å². The quantitative estimate of drug-likeness (QED) is 0.823. The lowest BCUT2D eigenvalue weighted by Crippen LogP contribution is -2.33. The van der Waals surface area contributed by atoms with Crippen LogP contribution in [0.2, 0.25) is 0 Å². The van der Waals surface area contributed by atoms with E-state index < -0.39 is 0 Å². The Morgan fingerprint density at radius 2 is 2.00 bits per heavy atom. The van der Waals surface area contributed by atoms with Crippen LogP contribution in [-0.2, 0) is 6.54 Å². The molecule has 0 aliphatic heterocycles. The first-order valence-corrected chi connectivity index (χ1v) is 6.51. The molecule has 1 aromatic carbocycles. The maximum absolute atomic E-state index is 9.08. The maximum atomic E-state index is 9.08. The van der Waals surface area contributed by atoms with Gasteiger partial charge < -0.3 is 10.4 Å². The summed E-state index contributed by atoms with van der Waals surface area (Å²) in [6.07, 6.45) is 1.76. The third kappa shape index (κ3) is 3.62. The zero-order valence-electron chi connectivity index (χ0n) is 11.3. The average Bonchev–Trinajstić information content (AvgIpc) is 2.93. The zero-order valence-corrected chi connectivity index (χ0v) is 11.3. The first-order valence-electron chi connectivity index (χ1n) is 6.51. The van der Waals surface area contributed by atoms with Crippen LogP contribution < -0.4 is 5.32 Å². The van der Waals surface area contributed by atoms with Gasteiger partial charge in [0.1, 0.15) is 0 Å². The fraction of sp³-hybridized carbons (Fsp3) is 0.429. The van der Waals surface area contributed by atoms with Crippen molar-refractivity contribution in [1.29, 1.82) is 0 Å². The molecule has 102 valence electrons. The molecule has 5 heteroatoms. The largest absolute Gasteiger partial charge is 0.396 e. The number of hydrogen-bond donors (Lipinski definition) is 2. The number of aliphatic hydroxyl groups excluding tert-OH is 1. The number of nitrogens with one attached hydrogen (secondary N) is 1. The molecule has 2 N–H and O–H groups in total. The zero-order chi connectivity index (χ0) is 13.7. The molecule has 2 atom stereocenters. The topological polar surface area (TPSA) is 63.0 Å². The predicted octanol–water partition coefficient (Wildman–Crippen LogP) is 1.37. The van der Waals surface area contributed by atoms with Crippen molar-refractivity contribution in [3.63, 3.8) is 0 Å². The molecule has 0 saturated heterocycles. The van der Waals surface area contributed by atoms with E-state index >= 15 is 0 Å². The number of rotatable bonds is 6. The van der Waals surface area contributed by atoms with Crippen molar-refractivity contribution >= 4 is 0 Å². The molecule has 5 nitrogen and oxygen atoms in total. The molecule has 0 bridgehead atoms. The van der Waals surface area contributed by atoms with Gasteiger partial charge in [-0.1, -0.05) is 25.1 Å². The van der Waals surface area contributed by atoms with Crippen LogP contribution in [0.1, 0.15) is 19.5 Å². The van der Waals surface area contributed by atoms with Gasteiger partial charge in [0.05, 0.1) is 17.6 Å². The number of hydrogen-bond acceptors (Lipinski definition) is 4. The van der Waals surface area contributed by atoms with Gasteiger partial charge in [0.15, 0.2) is 0 Å². The van der Waals surface area contributed by atoms with E-state index in [1.54, 1.807) is 11.0 Å². The number of para-hydroxylation sites is 1. The molecule has 2 rings (SSSR count). The Morgan fingerprint density at radius 1 is 1.26 bits per heavy atom. The fourth-order valence-electron chi connectivity index (χ4n) is 1.69. The molecule has 0 radical (unpaired) electrons. The van der Waals surface area contributed by atoms with Crippen molar-refractivity contribution in [1.82, 2.24) is 20.3 Å². The smallest absolute Gasteiger partial charge is 0.0969 e. The average molecular weight is 260 g/mol. The van der Waals surface area contributed by atoms with Gasteiger partial charge in [0, 0.05) is 19.2 Å². The molecule has 0 aliphatic carbocycles. The van der Waals surface area contributed by atoms with Crippen LogP contribution in [0.4, 0.5) is 0 Å². The van der Waals surface area contributed by atoms with Gasteiger partial charge in [0.25, 0.3) is 0 Å². The van der Waals surface area contributed by atoms with Crippen molar-refractivity contribution < 1.29 is 5.11 Å². The summed E-state index contributed by atoms with van der Waals surface area (Å²) in [6.45, 7) is 4.91. The minimum atomic E-state index is 0.185. The second kappa shape index (κ2) is 6.45. The Bertz CT molecular complexity index is 497. The van der Waals surface area contributed by atoms with E-state index in [4.69, 9.17) is 5.11 Å². The SMILES string of the molecule is CC(CO)C(C)NCc1cnn(-c2ccccc2)n1. The highest BCUT2D eigenvalue weighted by Gasteiger charge is 2.11. The molecule has 19 heavy (non-hydrogen) atoms. The molecule has 0 spiro atoms. The molecular weight excluding hydrogens is 240 g/mol. The minimum absolute atomic E-state index is 0.185. The summed E-state index contributed by atoms with van der Waals surface area (Å²) in [5.41, 5.74) is 1.84. The van der Waals surface area contributed by atoms with Crippen molar-refractivity contribution in [2.45, 2.75) is 26.4 Å². The minimum Gasteiger partial charge on any atom is -0.396 e. The lowest BCUT2D eigenvalue weighted by atomic mass is 10.1. The van der Waals surface area contributed by atoms with E-state index in [0.29, 0.717) is 6.54 Å². The van der Waals surface area contributed by atoms with Crippen LogP contribution >= 0.6 is 0 Å². The highest BCUT2D eigenvalue weighted by atomic mass is 16.3. The summed E-state index contributed by atoms with van der Waals surface area (Å²) in [4.78, 5) is 1.62. The van der Waals surface area contributed by atoms with Crippen molar-refractivity contribution in [2.75, 3.05) is 6.61 Å². The molecule has 0 aliphatic rings. The molecule has 0 fully saturated rings. The van der Waals surface area contributed by atoms with Crippen LogP contribution in [0.3, 0.4) is 0 Å². The van der Waals surface area contributed by atoms with Gasteiger partial charge in [-0.25, -0.2) is 0 Å². The second-order valence-corrected chi connectivity index (χ2v) is 4.79. The lowest BCUT2D eigenvalue weighted by molar-refractivity contribution is 0.206. The van der Waals surface area contributed by atoms with Gasteiger partial charge in [-0.05, 0) is 25.0 Å². The molecule has 0 saturated carbocycles. The fourth-order valence-corrected chi connectivity index (χ4v) is 1.69. The highest BCUT2D eigenvalue weighted by Crippen LogP contribution is 2.05. The van der Waals surface area contributed by atoms with Crippen LogP contribution in [0.5, 0.6) is 0 Å². The molecule has 1 heterocycles.